The first kappa shape index (κ1) is 20.2. The lowest BCUT2D eigenvalue weighted by Crippen LogP contribution is -2.52. The Bertz CT molecular complexity index is 599. The molecule has 0 spiro atoms. The average Bonchev–Trinajstić information content (AvgIpc) is 3.21. The molecule has 1 N–H and O–H groups in total. The number of anilines is 1. The third kappa shape index (κ3) is 6.26. The molecular weight excluding hydrogens is 364 g/mol. The van der Waals surface area contributed by atoms with Crippen molar-refractivity contribution in [2.24, 2.45) is 4.99 Å². The molecule has 6 nitrogen and oxygen atoms in total. The topological polar surface area (TPSA) is 49.3 Å². The summed E-state index contributed by atoms with van der Waals surface area (Å²) < 4.78 is 11.3. The number of hydrogen-bond donors (Lipinski definition) is 1. The van der Waals surface area contributed by atoms with Crippen molar-refractivity contribution in [2.45, 2.75) is 25.4 Å². The van der Waals surface area contributed by atoms with E-state index in [1.54, 1.807) is 0 Å². The SMILES string of the molecule is CN=C(NCCCOCC1CCCO1)N1CCN(c2cccc(Cl)c2)CC1. The molecule has 0 bridgehead atoms. The molecule has 2 fully saturated rings. The van der Waals surface area contributed by atoms with E-state index < -0.39 is 0 Å². The van der Waals surface area contributed by atoms with Crippen LogP contribution in [0.15, 0.2) is 29.3 Å². The summed E-state index contributed by atoms with van der Waals surface area (Å²) in [4.78, 5) is 9.12. The van der Waals surface area contributed by atoms with Gasteiger partial charge in [-0.3, -0.25) is 4.99 Å². The van der Waals surface area contributed by atoms with Gasteiger partial charge in [-0.05, 0) is 37.5 Å². The van der Waals surface area contributed by atoms with Crippen LogP contribution in [-0.2, 0) is 9.47 Å². The number of aliphatic imine (C=N–C) groups is 1. The summed E-state index contributed by atoms with van der Waals surface area (Å²) in [6, 6.07) is 8.06. The second-order valence-corrected chi connectivity index (χ2v) is 7.43. The van der Waals surface area contributed by atoms with Crippen molar-refractivity contribution in [2.75, 3.05) is 64.5 Å². The van der Waals surface area contributed by atoms with E-state index in [2.05, 4.69) is 26.2 Å². The predicted molar refractivity (Wildman–Crippen MR) is 111 cm³/mol. The average molecular weight is 395 g/mol. The maximum absolute atomic E-state index is 6.11. The third-order valence-electron chi connectivity index (χ3n) is 5.04. The summed E-state index contributed by atoms with van der Waals surface area (Å²) in [7, 11) is 1.85. The van der Waals surface area contributed by atoms with Gasteiger partial charge in [0.15, 0.2) is 5.96 Å². The minimum atomic E-state index is 0.307. The summed E-state index contributed by atoms with van der Waals surface area (Å²) in [5, 5.41) is 4.24. The van der Waals surface area contributed by atoms with Crippen molar-refractivity contribution in [3.05, 3.63) is 29.3 Å². The van der Waals surface area contributed by atoms with Gasteiger partial charge in [0.2, 0.25) is 0 Å². The first-order valence-electron chi connectivity index (χ1n) is 9.92. The maximum Gasteiger partial charge on any atom is 0.193 e. The van der Waals surface area contributed by atoms with Gasteiger partial charge in [-0.15, -0.1) is 0 Å². The fourth-order valence-corrected chi connectivity index (χ4v) is 3.73. The highest BCUT2D eigenvalue weighted by atomic mass is 35.5. The Kier molecular flexibility index (Phi) is 8.05. The molecule has 3 rings (SSSR count). The first-order valence-corrected chi connectivity index (χ1v) is 10.3. The number of rotatable bonds is 7. The molecule has 2 heterocycles. The van der Waals surface area contributed by atoms with E-state index in [9.17, 15) is 0 Å². The van der Waals surface area contributed by atoms with Crippen LogP contribution in [0.2, 0.25) is 5.02 Å². The zero-order chi connectivity index (χ0) is 18.9. The van der Waals surface area contributed by atoms with E-state index in [0.717, 1.165) is 82.8 Å². The smallest absolute Gasteiger partial charge is 0.193 e. The maximum atomic E-state index is 6.11. The number of ether oxygens (including phenoxy) is 2. The molecule has 0 saturated carbocycles. The Morgan fingerprint density at radius 2 is 2.19 bits per heavy atom. The molecule has 150 valence electrons. The zero-order valence-corrected chi connectivity index (χ0v) is 17.0. The van der Waals surface area contributed by atoms with E-state index in [1.165, 1.54) is 5.69 Å². The zero-order valence-electron chi connectivity index (χ0n) is 16.2. The summed E-state index contributed by atoms with van der Waals surface area (Å²) in [6.45, 7) is 7.05. The lowest BCUT2D eigenvalue weighted by atomic mass is 10.2. The molecule has 0 aromatic heterocycles. The monoisotopic (exact) mass is 394 g/mol. The minimum Gasteiger partial charge on any atom is -0.379 e. The van der Waals surface area contributed by atoms with Crippen LogP contribution in [0.4, 0.5) is 5.69 Å². The van der Waals surface area contributed by atoms with E-state index in [-0.39, 0.29) is 0 Å². The largest absolute Gasteiger partial charge is 0.379 e. The van der Waals surface area contributed by atoms with Crippen molar-refractivity contribution < 1.29 is 9.47 Å². The molecule has 1 unspecified atom stereocenters. The van der Waals surface area contributed by atoms with Crippen LogP contribution in [0.3, 0.4) is 0 Å². The summed E-state index contributed by atoms with van der Waals surface area (Å²) in [6.07, 6.45) is 3.57. The second-order valence-electron chi connectivity index (χ2n) is 6.99. The highest BCUT2D eigenvalue weighted by molar-refractivity contribution is 6.30. The van der Waals surface area contributed by atoms with Crippen molar-refractivity contribution >= 4 is 23.2 Å². The van der Waals surface area contributed by atoms with E-state index in [0.29, 0.717) is 6.10 Å². The van der Waals surface area contributed by atoms with Crippen LogP contribution in [0.5, 0.6) is 0 Å². The Hall–Kier alpha value is -1.50. The molecule has 2 aliphatic rings. The standard InChI is InChI=1S/C20H31ClN4O2/c1-22-20(23-8-4-13-26-16-19-7-3-14-27-19)25-11-9-24(10-12-25)18-6-2-5-17(21)15-18/h2,5-6,15,19H,3-4,7-14,16H2,1H3,(H,22,23). The Labute approximate surface area is 167 Å². The van der Waals surface area contributed by atoms with Crippen LogP contribution in [0.25, 0.3) is 0 Å². The van der Waals surface area contributed by atoms with Gasteiger partial charge in [0.05, 0.1) is 12.7 Å². The highest BCUT2D eigenvalue weighted by Crippen LogP contribution is 2.20. The van der Waals surface area contributed by atoms with Crippen LogP contribution in [-0.4, -0.2) is 76.6 Å². The molecule has 1 atom stereocenters. The number of piperazine rings is 1. The lowest BCUT2D eigenvalue weighted by molar-refractivity contribution is 0.0168. The quantitative estimate of drug-likeness (QED) is 0.437. The molecule has 1 aromatic carbocycles. The number of halogens is 1. The van der Waals surface area contributed by atoms with Crippen molar-refractivity contribution in [3.8, 4) is 0 Å². The third-order valence-corrected chi connectivity index (χ3v) is 5.28. The molecule has 0 radical (unpaired) electrons. The fraction of sp³-hybridized carbons (Fsp3) is 0.650. The van der Waals surface area contributed by atoms with E-state index in [1.807, 2.05) is 25.2 Å². The van der Waals surface area contributed by atoms with Gasteiger partial charge >= 0.3 is 0 Å². The molecule has 7 heteroatoms. The van der Waals surface area contributed by atoms with Crippen molar-refractivity contribution in [1.29, 1.82) is 0 Å². The Morgan fingerprint density at radius 3 is 2.89 bits per heavy atom. The Balaban J connectivity index is 1.32. The van der Waals surface area contributed by atoms with Gasteiger partial charge in [0, 0.05) is 63.7 Å². The van der Waals surface area contributed by atoms with Gasteiger partial charge in [-0.25, -0.2) is 0 Å². The fourth-order valence-electron chi connectivity index (χ4n) is 3.55. The second kappa shape index (κ2) is 10.7. The number of benzene rings is 1. The van der Waals surface area contributed by atoms with E-state index >= 15 is 0 Å². The van der Waals surface area contributed by atoms with Crippen LogP contribution >= 0.6 is 11.6 Å². The van der Waals surface area contributed by atoms with Crippen LogP contribution in [0.1, 0.15) is 19.3 Å². The normalized spacial score (nSPS) is 21.0. The van der Waals surface area contributed by atoms with Crippen molar-refractivity contribution in [3.63, 3.8) is 0 Å². The highest BCUT2D eigenvalue weighted by Gasteiger charge is 2.20. The van der Waals surface area contributed by atoms with Gasteiger partial charge < -0.3 is 24.6 Å². The lowest BCUT2D eigenvalue weighted by Gasteiger charge is -2.37. The number of guanidine groups is 1. The van der Waals surface area contributed by atoms with Crippen LogP contribution < -0.4 is 10.2 Å². The first-order chi connectivity index (χ1) is 13.3. The summed E-state index contributed by atoms with van der Waals surface area (Å²) >= 11 is 6.11. The number of nitrogens with one attached hydrogen (secondary N) is 1. The van der Waals surface area contributed by atoms with Crippen LogP contribution in [0, 0.1) is 0 Å². The molecular formula is C20H31ClN4O2. The molecule has 0 amide bonds. The van der Waals surface area contributed by atoms with E-state index in [4.69, 9.17) is 21.1 Å². The minimum absolute atomic E-state index is 0.307. The predicted octanol–water partition coefficient (Wildman–Crippen LogP) is 2.62. The summed E-state index contributed by atoms with van der Waals surface area (Å²) in [5.41, 5.74) is 1.19. The van der Waals surface area contributed by atoms with Gasteiger partial charge in [-0.2, -0.15) is 0 Å². The Morgan fingerprint density at radius 1 is 1.33 bits per heavy atom. The van der Waals surface area contributed by atoms with Gasteiger partial charge in [-0.1, -0.05) is 17.7 Å². The summed E-state index contributed by atoms with van der Waals surface area (Å²) in [5.74, 6) is 0.972. The molecule has 1 aromatic rings. The number of hydrogen-bond acceptors (Lipinski definition) is 4. The van der Waals surface area contributed by atoms with Gasteiger partial charge in [0.1, 0.15) is 0 Å². The van der Waals surface area contributed by atoms with Gasteiger partial charge in [0.25, 0.3) is 0 Å². The molecule has 2 saturated heterocycles. The molecule has 27 heavy (non-hydrogen) atoms. The number of nitrogens with zero attached hydrogens (tertiary/aromatic N) is 3. The molecule has 2 aliphatic heterocycles. The molecule has 0 aliphatic carbocycles. The van der Waals surface area contributed by atoms with Crippen molar-refractivity contribution in [1.82, 2.24) is 10.2 Å².